The molecular weight excluding hydrogens is 451 g/mol. The maximum atomic E-state index is 10.9. The number of imidazole rings is 1. The number of halogens is 1. The van der Waals surface area contributed by atoms with E-state index in [0.29, 0.717) is 23.5 Å². The van der Waals surface area contributed by atoms with Gasteiger partial charge >= 0.3 is 7.60 Å². The van der Waals surface area contributed by atoms with Crippen molar-refractivity contribution in [1.29, 1.82) is 0 Å². The minimum Gasteiger partial charge on any atom is -0.390 e. The molecule has 0 spiro atoms. The molecule has 4 N–H and O–H groups in total. The van der Waals surface area contributed by atoms with Crippen LogP contribution in [0.2, 0.25) is 5.28 Å². The smallest absolute Gasteiger partial charge is 0.350 e. The van der Waals surface area contributed by atoms with Crippen LogP contribution in [0.3, 0.4) is 0 Å². The van der Waals surface area contributed by atoms with Gasteiger partial charge in [0, 0.05) is 12.6 Å². The standard InChI is InChI=1S/C17H20ClN6O6P/c18-17-22-15(20-6-10-3-1-2-4-19-10)14-16(23-17)24(8-21-14)13-5-11(25)12(30-13)7-29-9-31(26,27)28/h1-4,8,11-13,25H,5-7,9H2,(H,20,22,23)(H2,26,27,28)/t11-,12+,13?/m0/s1. The third-order valence-electron chi connectivity index (χ3n) is 4.61. The molecule has 4 rings (SSSR count). The quantitative estimate of drug-likeness (QED) is 0.277. The maximum absolute atomic E-state index is 10.9. The molecule has 3 aromatic rings. The van der Waals surface area contributed by atoms with Crippen molar-refractivity contribution in [2.24, 2.45) is 0 Å². The Kier molecular flexibility index (Phi) is 6.49. The number of aliphatic hydroxyl groups excluding tert-OH is 1. The molecule has 1 aliphatic rings. The summed E-state index contributed by atoms with van der Waals surface area (Å²) in [6.07, 6.45) is 0.416. The van der Waals surface area contributed by atoms with E-state index in [4.69, 9.17) is 30.9 Å². The summed E-state index contributed by atoms with van der Waals surface area (Å²) in [5.41, 5.74) is 1.70. The van der Waals surface area contributed by atoms with Crippen molar-refractivity contribution in [2.75, 3.05) is 18.3 Å². The lowest BCUT2D eigenvalue weighted by Gasteiger charge is -2.16. The molecule has 0 aliphatic carbocycles. The summed E-state index contributed by atoms with van der Waals surface area (Å²) in [6.45, 7) is 0.246. The molecule has 1 aliphatic heterocycles. The largest absolute Gasteiger partial charge is 0.390 e. The average molecular weight is 471 g/mol. The zero-order valence-corrected chi connectivity index (χ0v) is 17.7. The Labute approximate surface area is 181 Å². The fraction of sp³-hybridized carbons (Fsp3) is 0.412. The summed E-state index contributed by atoms with van der Waals surface area (Å²) in [5.74, 6) is 0.430. The SMILES string of the molecule is O=P(O)(O)COC[C@H]1OC(n2cnc3c(NCc4ccccn4)nc(Cl)nc32)C[C@@H]1O. The zero-order chi connectivity index (χ0) is 22.0. The Bertz CT molecular complexity index is 1100. The Morgan fingerprint density at radius 1 is 1.32 bits per heavy atom. The first kappa shape index (κ1) is 22.0. The normalized spacial score (nSPS) is 21.6. The first-order valence-electron chi connectivity index (χ1n) is 9.30. The zero-order valence-electron chi connectivity index (χ0n) is 16.1. The number of aliphatic hydroxyl groups is 1. The number of ether oxygens (including phenoxy) is 2. The maximum Gasteiger partial charge on any atom is 0.350 e. The van der Waals surface area contributed by atoms with E-state index in [0.717, 1.165) is 5.69 Å². The molecule has 12 nitrogen and oxygen atoms in total. The van der Waals surface area contributed by atoms with Gasteiger partial charge in [-0.3, -0.25) is 14.1 Å². The third kappa shape index (κ3) is 5.36. The van der Waals surface area contributed by atoms with Gasteiger partial charge in [-0.15, -0.1) is 0 Å². The predicted octanol–water partition coefficient (Wildman–Crippen LogP) is 1.29. The Hall–Kier alpha value is -2.18. The van der Waals surface area contributed by atoms with Crippen LogP contribution < -0.4 is 5.32 Å². The summed E-state index contributed by atoms with van der Waals surface area (Å²) < 4.78 is 23.3. The summed E-state index contributed by atoms with van der Waals surface area (Å²) in [6, 6.07) is 5.57. The van der Waals surface area contributed by atoms with Crippen LogP contribution in [0, 0.1) is 0 Å². The van der Waals surface area contributed by atoms with Crippen molar-refractivity contribution in [2.45, 2.75) is 31.4 Å². The van der Waals surface area contributed by atoms with E-state index in [-0.39, 0.29) is 18.3 Å². The Balaban J connectivity index is 1.50. The van der Waals surface area contributed by atoms with E-state index >= 15 is 0 Å². The number of rotatable bonds is 8. The van der Waals surface area contributed by atoms with E-state index < -0.39 is 32.4 Å². The number of hydrogen-bond donors (Lipinski definition) is 4. The summed E-state index contributed by atoms with van der Waals surface area (Å²) in [7, 11) is -4.30. The first-order chi connectivity index (χ1) is 14.8. The van der Waals surface area contributed by atoms with Crippen LogP contribution in [0.25, 0.3) is 11.2 Å². The van der Waals surface area contributed by atoms with Crippen molar-refractivity contribution < 1.29 is 28.9 Å². The second-order valence-electron chi connectivity index (χ2n) is 6.94. The van der Waals surface area contributed by atoms with Gasteiger partial charge in [-0.25, -0.2) is 4.98 Å². The Morgan fingerprint density at radius 2 is 2.16 bits per heavy atom. The van der Waals surface area contributed by atoms with Crippen LogP contribution in [-0.4, -0.2) is 64.6 Å². The highest BCUT2D eigenvalue weighted by Gasteiger charge is 2.36. The van der Waals surface area contributed by atoms with E-state index in [9.17, 15) is 9.67 Å². The highest BCUT2D eigenvalue weighted by atomic mass is 35.5. The molecule has 3 atom stereocenters. The number of fused-ring (bicyclic) bond motifs is 1. The van der Waals surface area contributed by atoms with E-state index in [2.05, 4.69) is 25.3 Å². The van der Waals surface area contributed by atoms with Gasteiger partial charge in [0.2, 0.25) is 5.28 Å². The van der Waals surface area contributed by atoms with Crippen LogP contribution >= 0.6 is 19.2 Å². The molecule has 0 radical (unpaired) electrons. The van der Waals surface area contributed by atoms with Gasteiger partial charge in [-0.2, -0.15) is 9.97 Å². The van der Waals surface area contributed by atoms with Crippen LogP contribution in [0.4, 0.5) is 5.82 Å². The van der Waals surface area contributed by atoms with Crippen molar-refractivity contribution in [3.05, 3.63) is 41.7 Å². The van der Waals surface area contributed by atoms with Crippen molar-refractivity contribution in [3.8, 4) is 0 Å². The van der Waals surface area contributed by atoms with Gasteiger partial charge in [-0.05, 0) is 23.7 Å². The van der Waals surface area contributed by atoms with Crippen LogP contribution in [0.5, 0.6) is 0 Å². The predicted molar refractivity (Wildman–Crippen MR) is 109 cm³/mol. The molecule has 1 saturated heterocycles. The van der Waals surface area contributed by atoms with Crippen molar-refractivity contribution >= 4 is 36.2 Å². The molecule has 166 valence electrons. The molecule has 0 saturated carbocycles. The third-order valence-corrected chi connectivity index (χ3v) is 5.30. The number of hydrogen-bond acceptors (Lipinski definition) is 9. The fourth-order valence-electron chi connectivity index (χ4n) is 3.22. The fourth-order valence-corrected chi connectivity index (χ4v) is 3.73. The molecule has 1 fully saturated rings. The van der Waals surface area contributed by atoms with Gasteiger partial charge < -0.3 is 29.7 Å². The van der Waals surface area contributed by atoms with Gasteiger partial charge in [0.05, 0.1) is 31.3 Å². The molecule has 31 heavy (non-hydrogen) atoms. The summed E-state index contributed by atoms with van der Waals surface area (Å²) >= 11 is 6.11. The molecule has 0 bridgehead atoms. The number of nitrogens with one attached hydrogen (secondary N) is 1. The topological polar surface area (TPSA) is 165 Å². The van der Waals surface area contributed by atoms with Crippen molar-refractivity contribution in [1.82, 2.24) is 24.5 Å². The van der Waals surface area contributed by atoms with E-state index in [1.807, 2.05) is 18.2 Å². The summed E-state index contributed by atoms with van der Waals surface area (Å²) in [4.78, 5) is 34.8. The van der Waals surface area contributed by atoms with Gasteiger partial charge in [-0.1, -0.05) is 6.07 Å². The van der Waals surface area contributed by atoms with Crippen LogP contribution in [-0.2, 0) is 20.6 Å². The first-order valence-corrected chi connectivity index (χ1v) is 11.5. The minimum absolute atomic E-state index is 0.0119. The van der Waals surface area contributed by atoms with Crippen molar-refractivity contribution in [3.63, 3.8) is 0 Å². The average Bonchev–Trinajstić information content (AvgIpc) is 3.29. The van der Waals surface area contributed by atoms with E-state index in [1.165, 1.54) is 6.33 Å². The Morgan fingerprint density at radius 3 is 2.90 bits per heavy atom. The number of nitrogens with zero attached hydrogens (tertiary/aromatic N) is 5. The lowest BCUT2D eigenvalue weighted by Crippen LogP contribution is -2.26. The molecule has 0 amide bonds. The molecule has 1 unspecified atom stereocenters. The molecular formula is C17H20ClN6O6P. The van der Waals surface area contributed by atoms with E-state index in [1.54, 1.807) is 10.8 Å². The second kappa shape index (κ2) is 9.13. The van der Waals surface area contributed by atoms with Gasteiger partial charge in [0.25, 0.3) is 0 Å². The van der Waals surface area contributed by atoms with Crippen LogP contribution in [0.15, 0.2) is 30.7 Å². The van der Waals surface area contributed by atoms with Gasteiger partial charge in [0.15, 0.2) is 17.0 Å². The lowest BCUT2D eigenvalue weighted by molar-refractivity contribution is -0.0564. The second-order valence-corrected chi connectivity index (χ2v) is 8.86. The number of anilines is 1. The lowest BCUT2D eigenvalue weighted by atomic mass is 10.2. The molecule has 0 aromatic carbocycles. The van der Waals surface area contributed by atoms with Gasteiger partial charge in [0.1, 0.15) is 18.7 Å². The number of pyridine rings is 1. The molecule has 4 heterocycles. The monoisotopic (exact) mass is 470 g/mol. The summed E-state index contributed by atoms with van der Waals surface area (Å²) in [5, 5.41) is 13.4. The minimum atomic E-state index is -4.30. The number of aromatic nitrogens is 5. The van der Waals surface area contributed by atoms with Crippen LogP contribution in [0.1, 0.15) is 18.3 Å². The molecule has 3 aromatic heterocycles. The highest BCUT2D eigenvalue weighted by molar-refractivity contribution is 7.51. The molecule has 14 heteroatoms. The highest BCUT2D eigenvalue weighted by Crippen LogP contribution is 2.36.